The molecule has 0 amide bonds. The first-order valence-corrected chi connectivity index (χ1v) is 7.81. The average Bonchev–Trinajstić information content (AvgIpc) is 2.72. The van der Waals surface area contributed by atoms with Crippen LogP contribution in [0.4, 0.5) is 18.9 Å². The van der Waals surface area contributed by atoms with Gasteiger partial charge in [-0.3, -0.25) is 4.72 Å². The van der Waals surface area contributed by atoms with Crippen molar-refractivity contribution in [3.63, 3.8) is 0 Å². The lowest BCUT2D eigenvalue weighted by Crippen LogP contribution is -2.13. The average molecular weight is 372 g/mol. The molecule has 2 aromatic rings. The van der Waals surface area contributed by atoms with Crippen LogP contribution < -0.4 is 4.72 Å². The standard InChI is InChI=1S/C10H5BrF3NO2S2/c11-8-1-2-9(18-8)19(16,17)15-7-4-5(12)3-6(13)10(7)14/h1-4,15H. The van der Waals surface area contributed by atoms with Crippen molar-refractivity contribution in [1.82, 2.24) is 0 Å². The Balaban J connectivity index is 2.41. The number of benzene rings is 1. The Morgan fingerprint density at radius 1 is 1.16 bits per heavy atom. The van der Waals surface area contributed by atoms with Gasteiger partial charge in [0.05, 0.1) is 9.47 Å². The van der Waals surface area contributed by atoms with Gasteiger partial charge in [-0.25, -0.2) is 21.6 Å². The number of nitrogens with one attached hydrogen (secondary N) is 1. The summed E-state index contributed by atoms with van der Waals surface area (Å²) in [6, 6.07) is 3.67. The summed E-state index contributed by atoms with van der Waals surface area (Å²) >= 11 is 3.96. The van der Waals surface area contributed by atoms with Gasteiger partial charge in [-0.1, -0.05) is 0 Å². The van der Waals surface area contributed by atoms with E-state index in [1.807, 2.05) is 0 Å². The van der Waals surface area contributed by atoms with E-state index in [9.17, 15) is 21.6 Å². The Morgan fingerprint density at radius 2 is 1.84 bits per heavy atom. The van der Waals surface area contributed by atoms with E-state index in [-0.39, 0.29) is 4.21 Å². The first-order chi connectivity index (χ1) is 8.79. The van der Waals surface area contributed by atoms with Crippen LogP contribution in [0, 0.1) is 17.5 Å². The molecule has 3 nitrogen and oxygen atoms in total. The second-order valence-electron chi connectivity index (χ2n) is 3.41. The predicted molar refractivity (Wildman–Crippen MR) is 69.1 cm³/mol. The van der Waals surface area contributed by atoms with Crippen LogP contribution in [0.2, 0.25) is 0 Å². The zero-order chi connectivity index (χ0) is 14.2. The molecule has 19 heavy (non-hydrogen) atoms. The van der Waals surface area contributed by atoms with Gasteiger partial charge >= 0.3 is 0 Å². The summed E-state index contributed by atoms with van der Waals surface area (Å²) in [5.74, 6) is -4.00. The fourth-order valence-corrected chi connectivity index (χ4v) is 4.33. The highest BCUT2D eigenvalue weighted by Gasteiger charge is 2.20. The molecule has 9 heteroatoms. The summed E-state index contributed by atoms with van der Waals surface area (Å²) < 4.78 is 65.2. The van der Waals surface area contributed by atoms with Crippen molar-refractivity contribution in [1.29, 1.82) is 0 Å². The van der Waals surface area contributed by atoms with E-state index in [4.69, 9.17) is 0 Å². The van der Waals surface area contributed by atoms with Crippen molar-refractivity contribution in [2.75, 3.05) is 4.72 Å². The SMILES string of the molecule is O=S(=O)(Nc1cc(F)cc(F)c1F)c1ccc(Br)s1. The topological polar surface area (TPSA) is 46.2 Å². The minimum absolute atomic E-state index is 0.108. The fraction of sp³-hybridized carbons (Fsp3) is 0. The first-order valence-electron chi connectivity index (χ1n) is 4.72. The number of halogens is 4. The van der Waals surface area contributed by atoms with Crippen LogP contribution in [0.3, 0.4) is 0 Å². The Bertz CT molecular complexity index is 730. The Hall–Kier alpha value is -1.06. The third kappa shape index (κ3) is 3.10. The van der Waals surface area contributed by atoms with E-state index in [2.05, 4.69) is 15.9 Å². The molecule has 0 fully saturated rings. The van der Waals surface area contributed by atoms with Crippen molar-refractivity contribution in [2.24, 2.45) is 0 Å². The first kappa shape index (κ1) is 14.4. The highest BCUT2D eigenvalue weighted by Crippen LogP contribution is 2.29. The maximum Gasteiger partial charge on any atom is 0.271 e. The van der Waals surface area contributed by atoms with Crippen LogP contribution in [0.25, 0.3) is 0 Å². The molecule has 0 aliphatic heterocycles. The molecule has 1 heterocycles. The Kier molecular flexibility index (Phi) is 3.88. The van der Waals surface area contributed by atoms with Crippen LogP contribution in [0.15, 0.2) is 32.3 Å². The van der Waals surface area contributed by atoms with Crippen LogP contribution in [-0.4, -0.2) is 8.42 Å². The molecule has 0 saturated carbocycles. The van der Waals surface area contributed by atoms with Crippen LogP contribution in [0.5, 0.6) is 0 Å². The molecule has 0 saturated heterocycles. The van der Waals surface area contributed by atoms with E-state index < -0.39 is 33.2 Å². The number of sulfonamides is 1. The summed E-state index contributed by atoms with van der Waals surface area (Å²) in [4.78, 5) is 0. The lowest BCUT2D eigenvalue weighted by atomic mass is 10.3. The molecule has 0 atom stereocenters. The van der Waals surface area contributed by atoms with Gasteiger partial charge < -0.3 is 0 Å². The molecule has 0 aliphatic carbocycles. The summed E-state index contributed by atoms with van der Waals surface area (Å²) in [5, 5.41) is 0. The van der Waals surface area contributed by atoms with Crippen molar-refractivity contribution in [3.05, 3.63) is 45.5 Å². The number of anilines is 1. The molecule has 1 aromatic carbocycles. The minimum atomic E-state index is -4.08. The van der Waals surface area contributed by atoms with Crippen molar-refractivity contribution >= 4 is 43.0 Å². The lowest BCUT2D eigenvalue weighted by molar-refractivity contribution is 0.498. The van der Waals surface area contributed by atoms with Gasteiger partial charge in [0.2, 0.25) is 0 Å². The molecule has 1 aromatic heterocycles. The van der Waals surface area contributed by atoms with Gasteiger partial charge in [0, 0.05) is 12.1 Å². The Labute approximate surface area is 119 Å². The molecule has 0 spiro atoms. The summed E-state index contributed by atoms with van der Waals surface area (Å²) in [6.45, 7) is 0. The zero-order valence-electron chi connectivity index (χ0n) is 8.95. The fourth-order valence-electron chi connectivity index (χ4n) is 1.27. The molecule has 0 aliphatic rings. The third-order valence-electron chi connectivity index (χ3n) is 2.05. The van der Waals surface area contributed by atoms with Gasteiger partial charge in [-0.15, -0.1) is 11.3 Å². The van der Waals surface area contributed by atoms with E-state index >= 15 is 0 Å². The Morgan fingerprint density at radius 3 is 2.42 bits per heavy atom. The normalized spacial score (nSPS) is 11.6. The maximum atomic E-state index is 13.4. The number of thiophene rings is 1. The smallest absolute Gasteiger partial charge is 0.271 e. The van der Waals surface area contributed by atoms with E-state index in [1.165, 1.54) is 12.1 Å². The van der Waals surface area contributed by atoms with E-state index in [0.29, 0.717) is 15.9 Å². The monoisotopic (exact) mass is 371 g/mol. The number of hydrogen-bond acceptors (Lipinski definition) is 3. The van der Waals surface area contributed by atoms with E-state index in [0.717, 1.165) is 11.3 Å². The second-order valence-corrected chi connectivity index (χ2v) is 7.79. The summed E-state index contributed by atoms with van der Waals surface area (Å²) in [5.41, 5.74) is -0.776. The van der Waals surface area contributed by atoms with E-state index in [1.54, 1.807) is 4.72 Å². The van der Waals surface area contributed by atoms with Crippen molar-refractivity contribution < 1.29 is 21.6 Å². The minimum Gasteiger partial charge on any atom is -0.276 e. The van der Waals surface area contributed by atoms with Gasteiger partial charge in [0.15, 0.2) is 11.6 Å². The van der Waals surface area contributed by atoms with Crippen LogP contribution in [-0.2, 0) is 10.0 Å². The van der Waals surface area contributed by atoms with Crippen molar-refractivity contribution in [3.8, 4) is 0 Å². The predicted octanol–water partition coefficient (Wildman–Crippen LogP) is 3.73. The second kappa shape index (κ2) is 5.14. The van der Waals surface area contributed by atoms with Gasteiger partial charge in [0.25, 0.3) is 10.0 Å². The summed E-state index contributed by atoms with van der Waals surface area (Å²) in [6.07, 6.45) is 0. The molecule has 0 radical (unpaired) electrons. The van der Waals surface area contributed by atoms with Gasteiger partial charge in [0.1, 0.15) is 10.0 Å². The highest BCUT2D eigenvalue weighted by atomic mass is 79.9. The molecule has 102 valence electrons. The molecule has 0 unspecified atom stereocenters. The molecular formula is C10H5BrF3NO2S2. The third-order valence-corrected chi connectivity index (χ3v) is 5.53. The van der Waals surface area contributed by atoms with Gasteiger partial charge in [-0.2, -0.15) is 0 Å². The quantitative estimate of drug-likeness (QED) is 0.835. The van der Waals surface area contributed by atoms with Crippen LogP contribution in [0.1, 0.15) is 0 Å². The molecule has 2 rings (SSSR count). The molecular weight excluding hydrogens is 367 g/mol. The van der Waals surface area contributed by atoms with Crippen molar-refractivity contribution in [2.45, 2.75) is 4.21 Å². The summed E-state index contributed by atoms with van der Waals surface area (Å²) in [7, 11) is -4.08. The van der Waals surface area contributed by atoms with Gasteiger partial charge in [-0.05, 0) is 28.1 Å². The zero-order valence-corrected chi connectivity index (χ0v) is 12.2. The molecule has 0 bridgehead atoms. The number of hydrogen-bond donors (Lipinski definition) is 1. The highest BCUT2D eigenvalue weighted by molar-refractivity contribution is 9.11. The van der Waals surface area contributed by atoms with Crippen LogP contribution >= 0.6 is 27.3 Å². The lowest BCUT2D eigenvalue weighted by Gasteiger charge is -2.07. The largest absolute Gasteiger partial charge is 0.276 e. The maximum absolute atomic E-state index is 13.4. The number of rotatable bonds is 3. The molecule has 1 N–H and O–H groups in total.